The molecule has 2 rings (SSSR count). The number of hydrogen-bond donors (Lipinski definition) is 0. The Morgan fingerprint density at radius 3 is 2.38 bits per heavy atom. The molecule has 1 unspecified atom stereocenters. The topological polar surface area (TPSA) is 90.0 Å². The number of rotatable bonds is 8. The Bertz CT molecular complexity index is 823. The molecule has 1 fully saturated rings. The number of sulfone groups is 1. The van der Waals surface area contributed by atoms with Gasteiger partial charge in [0.05, 0.1) is 23.7 Å². The molecule has 1 aliphatic heterocycles. The van der Waals surface area contributed by atoms with Gasteiger partial charge in [0.2, 0.25) is 0 Å². The summed E-state index contributed by atoms with van der Waals surface area (Å²) in [6.07, 6.45) is -4.06. The van der Waals surface area contributed by atoms with E-state index in [2.05, 4.69) is 4.74 Å². The summed E-state index contributed by atoms with van der Waals surface area (Å²) in [6.45, 7) is -0.148. The maximum Gasteiger partial charge on any atom is 0.411 e. The van der Waals surface area contributed by atoms with Gasteiger partial charge in [-0.3, -0.25) is 4.79 Å². The number of hydrogen-bond acceptors (Lipinski definition) is 6. The lowest BCUT2D eigenvalue weighted by Gasteiger charge is -2.26. The minimum absolute atomic E-state index is 0.0280. The molecular formula is C18H22F3NO6S. The molecule has 1 aromatic rings. The van der Waals surface area contributed by atoms with E-state index in [-0.39, 0.29) is 23.7 Å². The average molecular weight is 437 g/mol. The van der Waals surface area contributed by atoms with Gasteiger partial charge in [0.1, 0.15) is 6.61 Å². The van der Waals surface area contributed by atoms with Crippen LogP contribution in [-0.2, 0) is 30.7 Å². The lowest BCUT2D eigenvalue weighted by atomic mass is 10.1. The number of alkyl halides is 3. The van der Waals surface area contributed by atoms with Gasteiger partial charge in [-0.05, 0) is 31.0 Å². The molecule has 0 spiro atoms. The molecule has 1 aliphatic rings. The molecule has 0 N–H and O–H groups in total. The molecule has 0 saturated carbocycles. The van der Waals surface area contributed by atoms with E-state index in [1.807, 2.05) is 0 Å². The Balaban J connectivity index is 1.84. The van der Waals surface area contributed by atoms with Crippen LogP contribution < -0.4 is 0 Å². The molecule has 1 saturated heterocycles. The highest BCUT2D eigenvalue weighted by Gasteiger charge is 2.34. The molecule has 1 aromatic carbocycles. The van der Waals surface area contributed by atoms with Gasteiger partial charge in [0, 0.05) is 12.6 Å². The van der Waals surface area contributed by atoms with Crippen molar-refractivity contribution in [3.05, 3.63) is 35.4 Å². The fraction of sp³-hybridized carbons (Fsp3) is 0.556. The summed E-state index contributed by atoms with van der Waals surface area (Å²) in [5, 5.41) is 0. The van der Waals surface area contributed by atoms with Crippen LogP contribution in [0.1, 0.15) is 29.3 Å². The van der Waals surface area contributed by atoms with Crippen LogP contribution in [0, 0.1) is 0 Å². The first-order chi connectivity index (χ1) is 13.5. The monoisotopic (exact) mass is 437 g/mol. The van der Waals surface area contributed by atoms with Crippen LogP contribution in [0.4, 0.5) is 13.2 Å². The molecule has 29 heavy (non-hydrogen) atoms. The summed E-state index contributed by atoms with van der Waals surface area (Å²) in [6, 6.07) is 5.15. The molecule has 0 aliphatic carbocycles. The van der Waals surface area contributed by atoms with Crippen molar-refractivity contribution in [2.75, 3.05) is 31.3 Å². The Morgan fingerprint density at radius 2 is 1.86 bits per heavy atom. The van der Waals surface area contributed by atoms with Gasteiger partial charge >= 0.3 is 12.1 Å². The smallest absolute Gasteiger partial charge is 0.411 e. The highest BCUT2D eigenvalue weighted by Crippen LogP contribution is 2.18. The first kappa shape index (κ1) is 23.1. The van der Waals surface area contributed by atoms with Crippen molar-refractivity contribution < 1.29 is 40.7 Å². The maximum absolute atomic E-state index is 12.3. The number of carbonyl (C=O) groups is 2. The van der Waals surface area contributed by atoms with E-state index in [0.717, 1.165) is 0 Å². The quantitative estimate of drug-likeness (QED) is 0.578. The third kappa shape index (κ3) is 7.32. The fourth-order valence-electron chi connectivity index (χ4n) is 2.97. The van der Waals surface area contributed by atoms with Crippen molar-refractivity contribution in [2.24, 2.45) is 0 Å². The van der Waals surface area contributed by atoms with Crippen molar-refractivity contribution in [2.45, 2.75) is 32.2 Å². The van der Waals surface area contributed by atoms with Crippen LogP contribution in [-0.4, -0.2) is 68.7 Å². The third-order valence-corrected chi connectivity index (χ3v) is 6.11. The standard InChI is InChI=1S/C18H22F3NO6S/c1-2-22(15-7-8-29(25,26)11-15)16(23)10-28-17(24)14-5-3-13(4-6-14)9-27-12-18(19,20)21/h3-6,15H,2,7-12H2,1H3. The second-order valence-corrected chi connectivity index (χ2v) is 8.85. The summed E-state index contributed by atoms with van der Waals surface area (Å²) in [5.41, 5.74) is 0.574. The van der Waals surface area contributed by atoms with E-state index in [1.54, 1.807) is 6.92 Å². The molecular weight excluding hydrogens is 415 g/mol. The van der Waals surface area contributed by atoms with Crippen molar-refractivity contribution in [1.29, 1.82) is 0 Å². The normalized spacial score (nSPS) is 18.4. The van der Waals surface area contributed by atoms with Crippen LogP contribution in [0.5, 0.6) is 0 Å². The predicted molar refractivity (Wildman–Crippen MR) is 96.9 cm³/mol. The average Bonchev–Trinajstić information content (AvgIpc) is 2.99. The Kier molecular flexibility index (Phi) is 7.64. The molecule has 0 aromatic heterocycles. The van der Waals surface area contributed by atoms with Crippen molar-refractivity contribution in [3.63, 3.8) is 0 Å². The highest BCUT2D eigenvalue weighted by atomic mass is 32.2. The number of benzene rings is 1. The molecule has 0 radical (unpaired) electrons. The van der Waals surface area contributed by atoms with Crippen LogP contribution in [0.25, 0.3) is 0 Å². The first-order valence-corrected chi connectivity index (χ1v) is 10.7. The predicted octanol–water partition coefficient (Wildman–Crippen LogP) is 1.96. The van der Waals surface area contributed by atoms with Crippen LogP contribution >= 0.6 is 0 Å². The third-order valence-electron chi connectivity index (χ3n) is 4.36. The fourth-order valence-corrected chi connectivity index (χ4v) is 4.71. The Hall–Kier alpha value is -2.14. The molecule has 1 heterocycles. The van der Waals surface area contributed by atoms with Gasteiger partial charge in [0.15, 0.2) is 16.4 Å². The van der Waals surface area contributed by atoms with Gasteiger partial charge in [-0.1, -0.05) is 12.1 Å². The number of carbonyl (C=O) groups excluding carboxylic acids is 2. The summed E-state index contributed by atoms with van der Waals surface area (Å²) in [7, 11) is -3.15. The van der Waals surface area contributed by atoms with E-state index in [9.17, 15) is 31.2 Å². The van der Waals surface area contributed by atoms with Crippen LogP contribution in [0.15, 0.2) is 24.3 Å². The number of halogens is 3. The van der Waals surface area contributed by atoms with Crippen molar-refractivity contribution in [3.8, 4) is 0 Å². The van der Waals surface area contributed by atoms with Crippen LogP contribution in [0.3, 0.4) is 0 Å². The zero-order valence-corrected chi connectivity index (χ0v) is 16.6. The van der Waals surface area contributed by atoms with E-state index in [0.29, 0.717) is 18.5 Å². The molecule has 11 heteroatoms. The lowest BCUT2D eigenvalue weighted by molar-refractivity contribution is -0.176. The Morgan fingerprint density at radius 1 is 1.21 bits per heavy atom. The number of amides is 1. The first-order valence-electron chi connectivity index (χ1n) is 8.91. The zero-order chi connectivity index (χ0) is 21.7. The number of likely N-dealkylation sites (N-methyl/N-ethyl adjacent to an activating group) is 1. The summed E-state index contributed by atoms with van der Waals surface area (Å²) >= 11 is 0. The minimum atomic E-state index is -4.41. The van der Waals surface area contributed by atoms with Crippen LogP contribution in [0.2, 0.25) is 0 Å². The van der Waals surface area contributed by atoms with Gasteiger partial charge in [-0.2, -0.15) is 13.2 Å². The molecule has 1 amide bonds. The summed E-state index contributed by atoms with van der Waals surface area (Å²) in [4.78, 5) is 25.8. The van der Waals surface area contributed by atoms with E-state index in [1.165, 1.54) is 29.2 Å². The van der Waals surface area contributed by atoms with Gasteiger partial charge < -0.3 is 14.4 Å². The van der Waals surface area contributed by atoms with E-state index < -0.39 is 47.1 Å². The van der Waals surface area contributed by atoms with E-state index in [4.69, 9.17) is 4.74 Å². The largest absolute Gasteiger partial charge is 0.452 e. The molecule has 0 bridgehead atoms. The SMILES string of the molecule is CCN(C(=O)COC(=O)c1ccc(COCC(F)(F)F)cc1)C1CCS(=O)(=O)C1. The second-order valence-electron chi connectivity index (χ2n) is 6.62. The summed E-state index contributed by atoms with van der Waals surface area (Å²) < 4.78 is 68.9. The maximum atomic E-state index is 12.3. The highest BCUT2D eigenvalue weighted by molar-refractivity contribution is 7.91. The summed E-state index contributed by atoms with van der Waals surface area (Å²) in [5.74, 6) is -1.32. The Labute approximate surface area is 166 Å². The number of esters is 1. The van der Waals surface area contributed by atoms with Gasteiger partial charge in [-0.15, -0.1) is 0 Å². The molecule has 1 atom stereocenters. The van der Waals surface area contributed by atoms with Crippen molar-refractivity contribution in [1.82, 2.24) is 4.90 Å². The number of nitrogens with zero attached hydrogens (tertiary/aromatic N) is 1. The van der Waals surface area contributed by atoms with Crippen molar-refractivity contribution >= 4 is 21.7 Å². The minimum Gasteiger partial charge on any atom is -0.452 e. The molecule has 7 nitrogen and oxygen atoms in total. The second kappa shape index (κ2) is 9.57. The van der Waals surface area contributed by atoms with E-state index >= 15 is 0 Å². The van der Waals surface area contributed by atoms with Gasteiger partial charge in [0.25, 0.3) is 5.91 Å². The zero-order valence-electron chi connectivity index (χ0n) is 15.8. The van der Waals surface area contributed by atoms with Gasteiger partial charge in [-0.25, -0.2) is 13.2 Å². The molecule has 162 valence electrons. The lowest BCUT2D eigenvalue weighted by Crippen LogP contribution is -2.43. The number of ether oxygens (including phenoxy) is 2.